The van der Waals surface area contributed by atoms with Crippen LogP contribution in [-0.4, -0.2) is 12.0 Å². The molecule has 0 atom stereocenters. The van der Waals surface area contributed by atoms with Crippen LogP contribution < -0.4 is 5.32 Å². The molecule has 0 unspecified atom stereocenters. The highest BCUT2D eigenvalue weighted by molar-refractivity contribution is 5.94. The molecule has 3 aromatic rings. The van der Waals surface area contributed by atoms with Crippen molar-refractivity contribution in [3.05, 3.63) is 59.9 Å². The molecule has 0 spiro atoms. The molecule has 0 saturated carbocycles. The Labute approximate surface area is 119 Å². The van der Waals surface area contributed by atoms with Crippen LogP contribution >= 0.6 is 0 Å². The van der Waals surface area contributed by atoms with Gasteiger partial charge in [-0.05, 0) is 6.07 Å². The average Bonchev–Trinajstić information content (AvgIpc) is 2.52. The van der Waals surface area contributed by atoms with Gasteiger partial charge in [-0.15, -0.1) is 0 Å². The third-order valence-corrected chi connectivity index (χ3v) is 3.27. The van der Waals surface area contributed by atoms with Crippen LogP contribution in [0.5, 0.6) is 0 Å². The minimum absolute atomic E-state index is 0.0592. The summed E-state index contributed by atoms with van der Waals surface area (Å²) >= 11 is 0. The molecule has 21 heavy (non-hydrogen) atoms. The van der Waals surface area contributed by atoms with Gasteiger partial charge >= 0.3 is 0 Å². The van der Waals surface area contributed by atoms with Crippen molar-refractivity contribution in [3.63, 3.8) is 0 Å². The predicted molar refractivity (Wildman–Crippen MR) is 76.6 cm³/mol. The van der Waals surface area contributed by atoms with Crippen molar-refractivity contribution in [3.8, 4) is 11.3 Å². The van der Waals surface area contributed by atoms with E-state index >= 15 is 0 Å². The molecule has 1 aromatic heterocycles. The van der Waals surface area contributed by atoms with E-state index < -0.39 is 17.5 Å². The maximum atomic E-state index is 14.0. The summed E-state index contributed by atoms with van der Waals surface area (Å²) in [5, 5.41) is 2.74. The number of fused-ring (bicyclic) bond motifs is 1. The summed E-state index contributed by atoms with van der Waals surface area (Å²) in [7, 11) is 1.59. The molecule has 0 fully saturated rings. The Bertz CT molecular complexity index is 817. The third kappa shape index (κ3) is 2.20. The van der Waals surface area contributed by atoms with Crippen molar-refractivity contribution in [2.45, 2.75) is 0 Å². The van der Waals surface area contributed by atoms with Gasteiger partial charge in [0.15, 0.2) is 11.6 Å². The second kappa shape index (κ2) is 5.09. The Kier molecular flexibility index (Phi) is 3.25. The molecular formula is C16H11F3N2. The number of nitrogens with one attached hydrogen (secondary N) is 1. The summed E-state index contributed by atoms with van der Waals surface area (Å²) in [5.74, 6) is -3.25. The lowest BCUT2D eigenvalue weighted by Crippen LogP contribution is -2.00. The average molecular weight is 288 g/mol. The lowest BCUT2D eigenvalue weighted by atomic mass is 10.1. The molecule has 2 nitrogen and oxygen atoms in total. The monoisotopic (exact) mass is 288 g/mol. The van der Waals surface area contributed by atoms with Gasteiger partial charge in [-0.25, -0.2) is 18.2 Å². The van der Waals surface area contributed by atoms with Crippen LogP contribution in [0.25, 0.3) is 22.2 Å². The van der Waals surface area contributed by atoms with Crippen molar-refractivity contribution < 1.29 is 13.2 Å². The van der Waals surface area contributed by atoms with Gasteiger partial charge in [-0.2, -0.15) is 0 Å². The Morgan fingerprint density at radius 2 is 1.67 bits per heavy atom. The first-order valence-corrected chi connectivity index (χ1v) is 6.33. The number of rotatable bonds is 2. The number of hydrogen-bond acceptors (Lipinski definition) is 2. The number of nitrogens with zero attached hydrogens (tertiary/aromatic N) is 1. The number of halogens is 3. The van der Waals surface area contributed by atoms with Gasteiger partial charge in [0.2, 0.25) is 0 Å². The van der Waals surface area contributed by atoms with Gasteiger partial charge in [-0.1, -0.05) is 30.3 Å². The number of benzene rings is 2. The highest BCUT2D eigenvalue weighted by Crippen LogP contribution is 2.32. The summed E-state index contributed by atoms with van der Waals surface area (Å²) in [5.41, 5.74) is 1.21. The van der Waals surface area contributed by atoms with E-state index in [-0.39, 0.29) is 10.9 Å². The van der Waals surface area contributed by atoms with Crippen molar-refractivity contribution in [2.75, 3.05) is 12.4 Å². The Hall–Kier alpha value is -2.56. The lowest BCUT2D eigenvalue weighted by Gasteiger charge is -2.11. The maximum absolute atomic E-state index is 14.0. The van der Waals surface area contributed by atoms with Gasteiger partial charge in [-0.3, -0.25) is 0 Å². The van der Waals surface area contributed by atoms with Crippen LogP contribution in [0.1, 0.15) is 0 Å². The lowest BCUT2D eigenvalue weighted by molar-refractivity contribution is 0.504. The van der Waals surface area contributed by atoms with Gasteiger partial charge in [0.1, 0.15) is 11.3 Å². The first kappa shape index (κ1) is 13.4. The third-order valence-electron chi connectivity index (χ3n) is 3.27. The summed E-state index contributed by atoms with van der Waals surface area (Å²) in [6.45, 7) is 0. The molecule has 0 aliphatic heterocycles. The minimum Gasteiger partial charge on any atom is -0.387 e. The number of hydrogen-bond donors (Lipinski definition) is 1. The van der Waals surface area contributed by atoms with Gasteiger partial charge in [0.05, 0.1) is 11.1 Å². The molecule has 106 valence electrons. The van der Waals surface area contributed by atoms with Gasteiger partial charge < -0.3 is 5.32 Å². The Morgan fingerprint density at radius 1 is 0.952 bits per heavy atom. The molecule has 0 aliphatic carbocycles. The Balaban J connectivity index is 2.39. The van der Waals surface area contributed by atoms with E-state index in [4.69, 9.17) is 0 Å². The van der Waals surface area contributed by atoms with E-state index in [1.807, 2.05) is 18.2 Å². The largest absolute Gasteiger partial charge is 0.387 e. The SMILES string of the molecule is CNc1cc(-c2ccccc2)nc2c(F)c(F)cc(F)c12. The van der Waals surface area contributed by atoms with Crippen LogP contribution in [0.3, 0.4) is 0 Å². The number of anilines is 1. The fraction of sp³-hybridized carbons (Fsp3) is 0.0625. The maximum Gasteiger partial charge on any atom is 0.185 e. The van der Waals surface area contributed by atoms with Crippen LogP contribution in [0, 0.1) is 17.5 Å². The topological polar surface area (TPSA) is 24.9 Å². The zero-order valence-corrected chi connectivity index (χ0v) is 11.1. The normalized spacial score (nSPS) is 10.9. The molecule has 3 rings (SSSR count). The second-order valence-electron chi connectivity index (χ2n) is 4.55. The summed E-state index contributed by atoms with van der Waals surface area (Å²) in [4.78, 5) is 4.08. The molecule has 0 bridgehead atoms. The first-order valence-electron chi connectivity index (χ1n) is 6.33. The van der Waals surface area contributed by atoms with Crippen molar-refractivity contribution in [2.24, 2.45) is 0 Å². The molecule has 0 saturated heterocycles. The zero-order valence-electron chi connectivity index (χ0n) is 11.1. The van der Waals surface area contributed by atoms with Crippen LogP contribution in [0.2, 0.25) is 0 Å². The molecular weight excluding hydrogens is 277 g/mol. The quantitative estimate of drug-likeness (QED) is 0.709. The van der Waals surface area contributed by atoms with E-state index in [2.05, 4.69) is 10.3 Å². The zero-order chi connectivity index (χ0) is 15.0. The van der Waals surface area contributed by atoms with E-state index in [1.54, 1.807) is 25.2 Å². The standard InChI is InChI=1S/C16H11F3N2/c1-20-13-8-12(9-5-3-2-4-6-9)21-16-14(13)10(17)7-11(18)15(16)19/h2-8H,1H3,(H,20,21). The molecule has 5 heteroatoms. The summed E-state index contributed by atoms with van der Waals surface area (Å²) in [6, 6.07) is 11.2. The van der Waals surface area contributed by atoms with Gasteiger partial charge in [0.25, 0.3) is 0 Å². The van der Waals surface area contributed by atoms with E-state index in [0.717, 1.165) is 5.56 Å². The number of aromatic nitrogens is 1. The molecule has 2 aromatic carbocycles. The molecule has 0 radical (unpaired) electrons. The molecule has 1 N–H and O–H groups in total. The summed E-state index contributed by atoms with van der Waals surface area (Å²) < 4.78 is 41.3. The molecule has 0 aliphatic rings. The highest BCUT2D eigenvalue weighted by Gasteiger charge is 2.18. The van der Waals surface area contributed by atoms with E-state index in [0.29, 0.717) is 17.4 Å². The molecule has 0 amide bonds. The Morgan fingerprint density at radius 3 is 2.33 bits per heavy atom. The van der Waals surface area contributed by atoms with E-state index in [1.165, 1.54) is 0 Å². The first-order chi connectivity index (χ1) is 10.1. The molecule has 1 heterocycles. The van der Waals surface area contributed by atoms with Crippen molar-refractivity contribution >= 4 is 16.6 Å². The van der Waals surface area contributed by atoms with Crippen LogP contribution in [0.15, 0.2) is 42.5 Å². The van der Waals surface area contributed by atoms with Crippen molar-refractivity contribution in [1.29, 1.82) is 0 Å². The predicted octanol–water partition coefficient (Wildman–Crippen LogP) is 4.36. The van der Waals surface area contributed by atoms with E-state index in [9.17, 15) is 13.2 Å². The number of pyridine rings is 1. The van der Waals surface area contributed by atoms with Crippen LogP contribution in [0.4, 0.5) is 18.9 Å². The van der Waals surface area contributed by atoms with Crippen molar-refractivity contribution in [1.82, 2.24) is 4.98 Å². The second-order valence-corrected chi connectivity index (χ2v) is 4.55. The van der Waals surface area contributed by atoms with Gasteiger partial charge in [0, 0.05) is 24.4 Å². The fourth-order valence-electron chi connectivity index (χ4n) is 2.26. The highest BCUT2D eigenvalue weighted by atomic mass is 19.2. The van der Waals surface area contributed by atoms with Crippen LogP contribution in [-0.2, 0) is 0 Å². The fourth-order valence-corrected chi connectivity index (χ4v) is 2.26. The summed E-state index contributed by atoms with van der Waals surface area (Å²) in [6.07, 6.45) is 0. The smallest absolute Gasteiger partial charge is 0.185 e. The minimum atomic E-state index is -1.25.